The summed E-state index contributed by atoms with van der Waals surface area (Å²) in [5.41, 5.74) is 0.123. The van der Waals surface area contributed by atoms with Crippen LogP contribution >= 0.6 is 15.9 Å². The molecule has 3 rings (SSSR count). The fraction of sp³-hybridized carbons (Fsp3) is 0.533. The Bertz CT molecular complexity index is 505. The Labute approximate surface area is 120 Å². The van der Waals surface area contributed by atoms with Gasteiger partial charge < -0.3 is 5.32 Å². The zero-order valence-electron chi connectivity index (χ0n) is 10.7. The average Bonchev–Trinajstić information content (AvgIpc) is 3.01. The lowest BCUT2D eigenvalue weighted by atomic mass is 9.89. The second kappa shape index (κ2) is 5.23. The predicted molar refractivity (Wildman–Crippen MR) is 75.4 cm³/mol. The first-order valence-corrected chi connectivity index (χ1v) is 7.66. The highest BCUT2D eigenvalue weighted by atomic mass is 79.9. The van der Waals surface area contributed by atoms with Crippen LogP contribution in [0.1, 0.15) is 36.0 Å². The van der Waals surface area contributed by atoms with Gasteiger partial charge >= 0.3 is 0 Å². The minimum absolute atomic E-state index is 0.123. The second-order valence-corrected chi connectivity index (χ2v) is 6.60. The Kier molecular flexibility index (Phi) is 3.61. The highest BCUT2D eigenvalue weighted by Gasteiger charge is 2.39. The first kappa shape index (κ1) is 13.1. The van der Waals surface area contributed by atoms with E-state index in [1.54, 1.807) is 12.1 Å². The third-order valence-electron chi connectivity index (χ3n) is 4.61. The molecule has 1 amide bonds. The van der Waals surface area contributed by atoms with Crippen molar-refractivity contribution in [2.45, 2.75) is 25.7 Å². The van der Waals surface area contributed by atoms with E-state index in [1.807, 2.05) is 0 Å². The molecule has 0 spiro atoms. The predicted octanol–water partition coefficient (Wildman–Crippen LogP) is 3.75. The number of rotatable bonds is 3. The van der Waals surface area contributed by atoms with Gasteiger partial charge in [-0.25, -0.2) is 4.39 Å². The van der Waals surface area contributed by atoms with E-state index < -0.39 is 5.82 Å². The fourth-order valence-electron chi connectivity index (χ4n) is 3.62. The maximum Gasteiger partial charge on any atom is 0.254 e. The Morgan fingerprint density at radius 1 is 1.37 bits per heavy atom. The van der Waals surface area contributed by atoms with Crippen molar-refractivity contribution in [3.05, 3.63) is 34.1 Å². The van der Waals surface area contributed by atoms with Crippen molar-refractivity contribution >= 4 is 21.8 Å². The number of hydrogen-bond donors (Lipinski definition) is 1. The quantitative estimate of drug-likeness (QED) is 0.900. The van der Waals surface area contributed by atoms with E-state index in [0.717, 1.165) is 11.8 Å². The van der Waals surface area contributed by atoms with E-state index in [9.17, 15) is 9.18 Å². The van der Waals surface area contributed by atoms with Gasteiger partial charge in [-0.1, -0.05) is 12.5 Å². The van der Waals surface area contributed by atoms with Crippen molar-refractivity contribution in [2.75, 3.05) is 6.54 Å². The fourth-order valence-corrected chi connectivity index (χ4v) is 3.99. The van der Waals surface area contributed by atoms with E-state index in [-0.39, 0.29) is 11.5 Å². The van der Waals surface area contributed by atoms with Crippen molar-refractivity contribution in [3.8, 4) is 0 Å². The largest absolute Gasteiger partial charge is 0.352 e. The number of halogens is 2. The molecule has 2 nitrogen and oxygen atoms in total. The monoisotopic (exact) mass is 325 g/mol. The van der Waals surface area contributed by atoms with Crippen LogP contribution in [-0.4, -0.2) is 12.5 Å². The highest BCUT2D eigenvalue weighted by molar-refractivity contribution is 9.10. The van der Waals surface area contributed by atoms with Gasteiger partial charge in [-0.05, 0) is 65.1 Å². The summed E-state index contributed by atoms with van der Waals surface area (Å²) in [5.74, 6) is 1.46. The van der Waals surface area contributed by atoms with Gasteiger partial charge in [-0.15, -0.1) is 0 Å². The molecule has 2 aliphatic rings. The first-order chi connectivity index (χ1) is 9.15. The van der Waals surface area contributed by atoms with Crippen molar-refractivity contribution in [1.29, 1.82) is 0 Å². The van der Waals surface area contributed by atoms with E-state index >= 15 is 0 Å². The van der Waals surface area contributed by atoms with Crippen LogP contribution in [0.5, 0.6) is 0 Å². The van der Waals surface area contributed by atoms with E-state index in [0.29, 0.717) is 16.9 Å². The standard InChI is InChI=1S/C15H17BrFNO/c16-13-3-1-2-12(14(13)17)15(19)18-8-11-7-9-4-5-10(11)6-9/h1-3,9-11H,4-8H2,(H,18,19). The normalized spacial score (nSPS) is 28.6. The molecule has 2 aliphatic carbocycles. The van der Waals surface area contributed by atoms with Crippen LogP contribution in [0.15, 0.2) is 22.7 Å². The van der Waals surface area contributed by atoms with E-state index in [2.05, 4.69) is 21.2 Å². The molecule has 2 bridgehead atoms. The maximum absolute atomic E-state index is 13.8. The number of hydrogen-bond acceptors (Lipinski definition) is 1. The molecule has 3 unspecified atom stereocenters. The van der Waals surface area contributed by atoms with Crippen molar-refractivity contribution < 1.29 is 9.18 Å². The number of carbonyl (C=O) groups is 1. The molecule has 3 atom stereocenters. The summed E-state index contributed by atoms with van der Waals surface area (Å²) in [7, 11) is 0. The van der Waals surface area contributed by atoms with Crippen molar-refractivity contribution in [3.63, 3.8) is 0 Å². The molecule has 102 valence electrons. The molecule has 0 saturated heterocycles. The molecule has 0 aliphatic heterocycles. The molecule has 2 fully saturated rings. The summed E-state index contributed by atoms with van der Waals surface area (Å²) in [6.07, 6.45) is 5.21. The van der Waals surface area contributed by atoms with E-state index in [1.165, 1.54) is 31.7 Å². The third-order valence-corrected chi connectivity index (χ3v) is 5.22. The average molecular weight is 326 g/mol. The smallest absolute Gasteiger partial charge is 0.254 e. The Balaban J connectivity index is 1.61. The van der Waals surface area contributed by atoms with Gasteiger partial charge in [0.1, 0.15) is 5.82 Å². The Morgan fingerprint density at radius 2 is 2.21 bits per heavy atom. The van der Waals surface area contributed by atoms with Crippen LogP contribution in [0.3, 0.4) is 0 Å². The van der Waals surface area contributed by atoms with Gasteiger partial charge in [0.2, 0.25) is 0 Å². The number of benzene rings is 1. The SMILES string of the molecule is O=C(NCC1CC2CCC1C2)c1cccc(Br)c1F. The van der Waals surface area contributed by atoms with Crippen LogP contribution in [0.2, 0.25) is 0 Å². The molecule has 19 heavy (non-hydrogen) atoms. The number of fused-ring (bicyclic) bond motifs is 2. The van der Waals surface area contributed by atoms with Gasteiger partial charge in [-0.3, -0.25) is 4.79 Å². The molecule has 0 aromatic heterocycles. The summed E-state index contributed by atoms with van der Waals surface area (Å²) >= 11 is 3.10. The third kappa shape index (κ3) is 2.55. The van der Waals surface area contributed by atoms with E-state index in [4.69, 9.17) is 0 Å². The number of amides is 1. The summed E-state index contributed by atoms with van der Waals surface area (Å²) in [4.78, 5) is 12.0. The maximum atomic E-state index is 13.8. The highest BCUT2D eigenvalue weighted by Crippen LogP contribution is 2.47. The molecule has 1 aromatic carbocycles. The molecule has 1 N–H and O–H groups in total. The van der Waals surface area contributed by atoms with Crippen LogP contribution < -0.4 is 5.32 Å². The lowest BCUT2D eigenvalue weighted by Crippen LogP contribution is -2.32. The zero-order chi connectivity index (χ0) is 13.4. The molecular formula is C15H17BrFNO. The summed E-state index contributed by atoms with van der Waals surface area (Å²) in [6, 6.07) is 4.80. The van der Waals surface area contributed by atoms with Gasteiger partial charge in [0.25, 0.3) is 5.91 Å². The minimum atomic E-state index is -0.479. The Hall–Kier alpha value is -0.900. The van der Waals surface area contributed by atoms with Gasteiger partial charge in [0.15, 0.2) is 0 Å². The first-order valence-electron chi connectivity index (χ1n) is 6.87. The topological polar surface area (TPSA) is 29.1 Å². The second-order valence-electron chi connectivity index (χ2n) is 5.75. The lowest BCUT2D eigenvalue weighted by Gasteiger charge is -2.21. The Morgan fingerprint density at radius 3 is 2.89 bits per heavy atom. The lowest BCUT2D eigenvalue weighted by molar-refractivity contribution is 0.0937. The van der Waals surface area contributed by atoms with Crippen molar-refractivity contribution in [2.24, 2.45) is 17.8 Å². The molecule has 1 aromatic rings. The summed E-state index contributed by atoms with van der Waals surface area (Å²) in [6.45, 7) is 0.686. The summed E-state index contributed by atoms with van der Waals surface area (Å²) in [5, 5.41) is 2.89. The van der Waals surface area contributed by atoms with Crippen LogP contribution in [0.4, 0.5) is 4.39 Å². The number of nitrogens with one attached hydrogen (secondary N) is 1. The molecule has 0 heterocycles. The molecule has 2 saturated carbocycles. The van der Waals surface area contributed by atoms with Gasteiger partial charge in [0.05, 0.1) is 10.0 Å². The zero-order valence-corrected chi connectivity index (χ0v) is 12.2. The van der Waals surface area contributed by atoms with Crippen LogP contribution in [0, 0.1) is 23.6 Å². The summed E-state index contributed by atoms with van der Waals surface area (Å²) < 4.78 is 14.1. The molecular weight excluding hydrogens is 309 g/mol. The molecule has 4 heteroatoms. The minimum Gasteiger partial charge on any atom is -0.352 e. The molecule has 0 radical (unpaired) electrons. The van der Waals surface area contributed by atoms with Crippen molar-refractivity contribution in [1.82, 2.24) is 5.32 Å². The van der Waals surface area contributed by atoms with Crippen LogP contribution in [-0.2, 0) is 0 Å². The van der Waals surface area contributed by atoms with Gasteiger partial charge in [0, 0.05) is 6.54 Å². The van der Waals surface area contributed by atoms with Crippen LogP contribution in [0.25, 0.3) is 0 Å². The van der Waals surface area contributed by atoms with Gasteiger partial charge in [-0.2, -0.15) is 0 Å². The number of carbonyl (C=O) groups excluding carboxylic acids is 1.